The molecule has 6 nitrogen and oxygen atoms in total. The molecule has 0 atom stereocenters. The summed E-state index contributed by atoms with van der Waals surface area (Å²) in [6, 6.07) is 0. The van der Waals surface area contributed by atoms with E-state index in [1.54, 1.807) is 11.3 Å². The molecule has 0 aromatic carbocycles. The maximum Gasteiger partial charge on any atom is 0.266 e. The number of thiophene rings is 1. The van der Waals surface area contributed by atoms with E-state index in [4.69, 9.17) is 15.0 Å². The summed E-state index contributed by atoms with van der Waals surface area (Å²) in [5.74, 6) is 1.11. The first-order valence-corrected chi connectivity index (χ1v) is 7.00. The van der Waals surface area contributed by atoms with Gasteiger partial charge in [0, 0.05) is 18.0 Å². The summed E-state index contributed by atoms with van der Waals surface area (Å²) in [5, 5.41) is 4.77. The molecule has 0 bridgehead atoms. The molecule has 7 heteroatoms. The smallest absolute Gasteiger partial charge is 0.266 e. The van der Waals surface area contributed by atoms with Crippen LogP contribution in [0.3, 0.4) is 0 Å². The van der Waals surface area contributed by atoms with Crippen molar-refractivity contribution in [1.82, 2.24) is 10.1 Å². The third-order valence-corrected chi connectivity index (χ3v) is 4.37. The van der Waals surface area contributed by atoms with Crippen LogP contribution in [0.25, 0.3) is 11.5 Å². The summed E-state index contributed by atoms with van der Waals surface area (Å²) >= 11 is 1.55. The number of hydrogen-bond acceptors (Lipinski definition) is 7. The number of hydrogen-bond donors (Lipinski definition) is 1. The summed E-state index contributed by atoms with van der Waals surface area (Å²) in [6.07, 6.45) is 0. The Balaban J connectivity index is 1.92. The van der Waals surface area contributed by atoms with E-state index in [-0.39, 0.29) is 0 Å². The van der Waals surface area contributed by atoms with E-state index in [0.717, 1.165) is 29.2 Å². The summed E-state index contributed by atoms with van der Waals surface area (Å²) in [5.41, 5.74) is 8.00. The minimum absolute atomic E-state index is 0.501. The second-order valence-electron chi connectivity index (χ2n) is 4.52. The van der Waals surface area contributed by atoms with E-state index in [1.807, 2.05) is 13.8 Å². The Morgan fingerprint density at radius 2 is 2.00 bits per heavy atom. The minimum Gasteiger partial charge on any atom is -0.390 e. The van der Waals surface area contributed by atoms with Gasteiger partial charge in [-0.05, 0) is 24.6 Å². The lowest BCUT2D eigenvalue weighted by atomic mass is 10.1. The molecule has 0 aliphatic carbocycles. The quantitative estimate of drug-likeness (QED) is 0.904. The summed E-state index contributed by atoms with van der Waals surface area (Å²) < 4.78 is 10.7. The van der Waals surface area contributed by atoms with Crippen LogP contribution in [0.4, 0.5) is 10.9 Å². The first-order chi connectivity index (χ1) is 9.16. The molecule has 0 saturated carbocycles. The Labute approximate surface area is 115 Å². The van der Waals surface area contributed by atoms with E-state index in [2.05, 4.69) is 15.0 Å². The number of nitrogens with two attached hydrogens (primary N) is 1. The van der Waals surface area contributed by atoms with Crippen molar-refractivity contribution in [3.63, 3.8) is 0 Å². The molecule has 0 spiro atoms. The van der Waals surface area contributed by atoms with Gasteiger partial charge < -0.3 is 19.9 Å². The van der Waals surface area contributed by atoms with Gasteiger partial charge in [0.2, 0.25) is 0 Å². The van der Waals surface area contributed by atoms with Crippen LogP contribution < -0.4 is 10.6 Å². The maximum atomic E-state index is 6.02. The number of morpholine rings is 1. The van der Waals surface area contributed by atoms with Gasteiger partial charge in [-0.15, -0.1) is 11.3 Å². The summed E-state index contributed by atoms with van der Waals surface area (Å²) in [7, 11) is 0. The Morgan fingerprint density at radius 3 is 2.63 bits per heavy atom. The van der Waals surface area contributed by atoms with Gasteiger partial charge in [0.15, 0.2) is 0 Å². The van der Waals surface area contributed by atoms with Crippen molar-refractivity contribution in [2.24, 2.45) is 0 Å². The van der Waals surface area contributed by atoms with Gasteiger partial charge in [0.25, 0.3) is 11.8 Å². The highest BCUT2D eigenvalue weighted by Crippen LogP contribution is 2.37. The molecule has 1 aliphatic rings. The lowest BCUT2D eigenvalue weighted by Crippen LogP contribution is -2.36. The molecule has 1 fully saturated rings. The number of ether oxygens (including phenoxy) is 1. The van der Waals surface area contributed by atoms with Crippen molar-refractivity contribution in [2.75, 3.05) is 36.9 Å². The molecule has 1 aliphatic heterocycles. The zero-order valence-corrected chi connectivity index (χ0v) is 11.8. The molecular formula is C12H16N4O2S. The second-order valence-corrected chi connectivity index (χ2v) is 5.78. The molecule has 102 valence electrons. The van der Waals surface area contributed by atoms with Gasteiger partial charge in [-0.25, -0.2) is 0 Å². The molecule has 3 heterocycles. The maximum absolute atomic E-state index is 6.02. The lowest BCUT2D eigenvalue weighted by Gasteiger charge is -2.24. The third-order valence-electron chi connectivity index (χ3n) is 3.34. The molecule has 2 aromatic heterocycles. The van der Waals surface area contributed by atoms with Crippen molar-refractivity contribution in [2.45, 2.75) is 13.8 Å². The second kappa shape index (κ2) is 4.82. The highest BCUT2D eigenvalue weighted by atomic mass is 32.1. The molecule has 2 N–H and O–H groups in total. The number of aryl methyl sites for hydroxylation is 1. The van der Waals surface area contributed by atoms with Crippen molar-refractivity contribution < 1.29 is 9.26 Å². The van der Waals surface area contributed by atoms with Crippen LogP contribution in [-0.4, -0.2) is 36.4 Å². The third kappa shape index (κ3) is 2.19. The highest BCUT2D eigenvalue weighted by molar-refractivity contribution is 7.16. The number of anilines is 2. The fraction of sp³-hybridized carbons (Fsp3) is 0.500. The molecular weight excluding hydrogens is 264 g/mol. The van der Waals surface area contributed by atoms with E-state index >= 15 is 0 Å². The van der Waals surface area contributed by atoms with Crippen LogP contribution in [0.15, 0.2) is 4.52 Å². The minimum atomic E-state index is 0.501. The van der Waals surface area contributed by atoms with Crippen LogP contribution in [0.2, 0.25) is 0 Å². The molecule has 0 radical (unpaired) electrons. The first kappa shape index (κ1) is 12.4. The zero-order valence-electron chi connectivity index (χ0n) is 11.0. The Hall–Kier alpha value is -1.60. The normalized spacial score (nSPS) is 16.0. The first-order valence-electron chi connectivity index (χ1n) is 6.19. The van der Waals surface area contributed by atoms with E-state index < -0.39 is 0 Å². The number of nitrogen functional groups attached to an aromatic ring is 1. The molecule has 2 aromatic rings. The molecule has 19 heavy (non-hydrogen) atoms. The predicted octanol–water partition coefficient (Wildman–Crippen LogP) is 1.83. The van der Waals surface area contributed by atoms with Gasteiger partial charge in [0.05, 0.1) is 23.8 Å². The summed E-state index contributed by atoms with van der Waals surface area (Å²) in [6.45, 7) is 7.03. The van der Waals surface area contributed by atoms with Crippen molar-refractivity contribution in [3.8, 4) is 11.5 Å². The van der Waals surface area contributed by atoms with Crippen LogP contribution in [-0.2, 0) is 4.74 Å². The highest BCUT2D eigenvalue weighted by Gasteiger charge is 2.21. The van der Waals surface area contributed by atoms with Crippen molar-refractivity contribution in [1.29, 1.82) is 0 Å². The Bertz CT molecular complexity index is 587. The van der Waals surface area contributed by atoms with E-state index in [0.29, 0.717) is 25.1 Å². The van der Waals surface area contributed by atoms with Gasteiger partial charge in [-0.3, -0.25) is 0 Å². The average molecular weight is 280 g/mol. The van der Waals surface area contributed by atoms with Gasteiger partial charge in [0.1, 0.15) is 0 Å². The van der Waals surface area contributed by atoms with E-state index in [1.165, 1.54) is 4.88 Å². The van der Waals surface area contributed by atoms with Gasteiger partial charge in [-0.1, -0.05) is 0 Å². The Morgan fingerprint density at radius 1 is 1.26 bits per heavy atom. The predicted molar refractivity (Wildman–Crippen MR) is 74.5 cm³/mol. The van der Waals surface area contributed by atoms with Crippen LogP contribution in [0, 0.1) is 13.8 Å². The summed E-state index contributed by atoms with van der Waals surface area (Å²) in [4.78, 5) is 7.69. The lowest BCUT2D eigenvalue weighted by molar-refractivity contribution is 0.121. The monoisotopic (exact) mass is 280 g/mol. The van der Waals surface area contributed by atoms with Crippen LogP contribution in [0.1, 0.15) is 10.4 Å². The standard InChI is InChI=1S/C12H16N4O2S/c1-7-8(2)19-10(13)9(7)11-14-12(15-18-11)16-3-5-17-6-4-16/h3-6,13H2,1-2H3. The molecule has 0 unspecified atom stereocenters. The number of nitrogens with zero attached hydrogens (tertiary/aromatic N) is 3. The molecule has 0 amide bonds. The number of aromatic nitrogens is 2. The topological polar surface area (TPSA) is 77.4 Å². The molecule has 1 saturated heterocycles. The largest absolute Gasteiger partial charge is 0.390 e. The molecule has 3 rings (SSSR count). The Kier molecular flexibility index (Phi) is 3.16. The van der Waals surface area contributed by atoms with Crippen molar-refractivity contribution >= 4 is 22.3 Å². The fourth-order valence-electron chi connectivity index (χ4n) is 2.13. The van der Waals surface area contributed by atoms with E-state index in [9.17, 15) is 0 Å². The zero-order chi connectivity index (χ0) is 13.4. The van der Waals surface area contributed by atoms with Gasteiger partial charge >= 0.3 is 0 Å². The SMILES string of the molecule is Cc1sc(N)c(-c2nc(N3CCOCC3)no2)c1C. The van der Waals surface area contributed by atoms with Crippen LogP contribution >= 0.6 is 11.3 Å². The average Bonchev–Trinajstić information content (AvgIpc) is 2.97. The fourth-order valence-corrected chi connectivity index (χ4v) is 3.06. The van der Waals surface area contributed by atoms with Crippen molar-refractivity contribution in [3.05, 3.63) is 10.4 Å². The van der Waals surface area contributed by atoms with Crippen LogP contribution in [0.5, 0.6) is 0 Å². The number of rotatable bonds is 2. The van der Waals surface area contributed by atoms with Gasteiger partial charge in [-0.2, -0.15) is 4.98 Å².